The van der Waals surface area contributed by atoms with E-state index in [4.69, 9.17) is 16.3 Å². The molecule has 0 spiro atoms. The number of pyridine rings is 1. The van der Waals surface area contributed by atoms with Crippen molar-refractivity contribution in [3.63, 3.8) is 0 Å². The summed E-state index contributed by atoms with van der Waals surface area (Å²) in [5.74, 6) is -2.47. The fourth-order valence-corrected chi connectivity index (χ4v) is 5.03. The third-order valence-electron chi connectivity index (χ3n) is 5.33. The Morgan fingerprint density at radius 2 is 1.93 bits per heavy atom. The van der Waals surface area contributed by atoms with Crippen LogP contribution >= 0.6 is 22.9 Å². The number of hydrogen-bond donors (Lipinski definition) is 2. The van der Waals surface area contributed by atoms with Gasteiger partial charge in [-0.1, -0.05) is 11.6 Å². The van der Waals surface area contributed by atoms with Crippen molar-refractivity contribution in [2.24, 2.45) is 0 Å². The number of nitrogens with zero attached hydrogens (tertiary/aromatic N) is 1. The maximum atomic E-state index is 14.0. The Balaban J connectivity index is 1.61. The zero-order valence-electron chi connectivity index (χ0n) is 15.5. The molecule has 0 saturated carbocycles. The molecule has 0 radical (unpaired) electrons. The van der Waals surface area contributed by atoms with Gasteiger partial charge < -0.3 is 19.6 Å². The molecule has 1 atom stereocenters. The van der Waals surface area contributed by atoms with Crippen LogP contribution in [0.2, 0.25) is 4.34 Å². The average Bonchev–Trinajstić information content (AvgIpc) is 3.25. The molecular weight excluding hydrogens is 436 g/mol. The van der Waals surface area contributed by atoms with Crippen LogP contribution in [0.15, 0.2) is 29.1 Å². The average molecular weight is 450 g/mol. The van der Waals surface area contributed by atoms with Crippen LogP contribution in [0.4, 0.5) is 8.78 Å². The first-order chi connectivity index (χ1) is 14.3. The third-order valence-corrected chi connectivity index (χ3v) is 6.54. The Labute approximate surface area is 177 Å². The number of rotatable bonds is 2. The first kappa shape index (κ1) is 19.2. The molecule has 1 aromatic carbocycles. The number of carbonyl (C=O) groups excluding carboxylic acids is 1. The maximum absolute atomic E-state index is 14.0. The molecule has 1 unspecified atom stereocenters. The molecule has 3 aromatic heterocycles. The number of aromatic amines is 2. The zero-order chi connectivity index (χ0) is 21.2. The van der Waals surface area contributed by atoms with Gasteiger partial charge in [-0.2, -0.15) is 0 Å². The number of carbonyl (C=O) groups is 1. The quantitative estimate of drug-likeness (QED) is 0.477. The van der Waals surface area contributed by atoms with Gasteiger partial charge in [0.05, 0.1) is 39.2 Å². The minimum atomic E-state index is -1.11. The standard InChI is InChI=1S/C20H14ClF2N3O3S/c1-26(20(28)13-4-16-12(24-13)5-17(21)30-16)15-7-29-6-14-18(15)8-2-10(22)11(23)3-9(8)19(27)25-14/h2-5,15,24H,6-7H2,1H3,(H,25,27). The number of ether oxygens (including phenoxy) is 1. The topological polar surface area (TPSA) is 78.2 Å². The summed E-state index contributed by atoms with van der Waals surface area (Å²) in [4.78, 5) is 32.7. The van der Waals surface area contributed by atoms with Crippen molar-refractivity contribution in [3.8, 4) is 0 Å². The van der Waals surface area contributed by atoms with Crippen LogP contribution in [-0.2, 0) is 11.3 Å². The van der Waals surface area contributed by atoms with Crippen LogP contribution < -0.4 is 5.56 Å². The van der Waals surface area contributed by atoms with E-state index in [1.807, 2.05) is 0 Å². The Hall–Kier alpha value is -2.75. The number of halogens is 3. The summed E-state index contributed by atoms with van der Waals surface area (Å²) < 4.78 is 34.8. The summed E-state index contributed by atoms with van der Waals surface area (Å²) in [7, 11) is 1.60. The van der Waals surface area contributed by atoms with Crippen LogP contribution in [0.1, 0.15) is 27.8 Å². The molecule has 4 aromatic rings. The van der Waals surface area contributed by atoms with Crippen molar-refractivity contribution in [2.45, 2.75) is 12.6 Å². The molecule has 0 bridgehead atoms. The van der Waals surface area contributed by atoms with Crippen molar-refractivity contribution in [2.75, 3.05) is 13.7 Å². The van der Waals surface area contributed by atoms with Gasteiger partial charge in [-0.15, -0.1) is 11.3 Å². The molecule has 0 saturated heterocycles. The largest absolute Gasteiger partial charge is 0.373 e. The van der Waals surface area contributed by atoms with E-state index in [0.717, 1.165) is 22.3 Å². The Morgan fingerprint density at radius 3 is 2.67 bits per heavy atom. The lowest BCUT2D eigenvalue weighted by Crippen LogP contribution is -2.37. The second kappa shape index (κ2) is 6.90. The predicted octanol–water partition coefficient (Wildman–Crippen LogP) is 4.35. The fourth-order valence-electron chi connectivity index (χ4n) is 3.89. The molecular formula is C20H14ClF2N3O3S. The number of aromatic nitrogens is 2. The van der Waals surface area contributed by atoms with E-state index >= 15 is 0 Å². The molecule has 5 rings (SSSR count). The van der Waals surface area contributed by atoms with Gasteiger partial charge in [-0.25, -0.2) is 8.78 Å². The zero-order valence-corrected chi connectivity index (χ0v) is 17.1. The highest BCUT2D eigenvalue weighted by Crippen LogP contribution is 2.35. The minimum Gasteiger partial charge on any atom is -0.373 e. The monoisotopic (exact) mass is 449 g/mol. The number of amides is 1. The van der Waals surface area contributed by atoms with E-state index in [1.165, 1.54) is 16.2 Å². The van der Waals surface area contributed by atoms with Crippen LogP contribution in [0.5, 0.6) is 0 Å². The smallest absolute Gasteiger partial charge is 0.270 e. The van der Waals surface area contributed by atoms with Crippen LogP contribution in [0.3, 0.4) is 0 Å². The summed E-state index contributed by atoms with van der Waals surface area (Å²) in [6, 6.07) is 4.74. The van der Waals surface area contributed by atoms with Gasteiger partial charge in [-0.05, 0) is 29.7 Å². The van der Waals surface area contributed by atoms with Gasteiger partial charge >= 0.3 is 0 Å². The van der Waals surface area contributed by atoms with Crippen molar-refractivity contribution >= 4 is 49.8 Å². The number of hydrogen-bond acceptors (Lipinski definition) is 4. The van der Waals surface area contributed by atoms with Gasteiger partial charge in [0.15, 0.2) is 11.6 Å². The lowest BCUT2D eigenvalue weighted by Gasteiger charge is -2.33. The second-order valence-electron chi connectivity index (χ2n) is 7.12. The molecule has 154 valence electrons. The third kappa shape index (κ3) is 2.92. The number of nitrogens with one attached hydrogen (secondary N) is 2. The Bertz CT molecular complexity index is 1360. The van der Waals surface area contributed by atoms with E-state index in [0.29, 0.717) is 21.3 Å². The van der Waals surface area contributed by atoms with Crippen molar-refractivity contribution in [1.29, 1.82) is 0 Å². The van der Waals surface area contributed by atoms with Crippen molar-refractivity contribution < 1.29 is 18.3 Å². The van der Waals surface area contributed by atoms with E-state index in [2.05, 4.69) is 9.97 Å². The summed E-state index contributed by atoms with van der Waals surface area (Å²) in [6.07, 6.45) is 0. The first-order valence-electron chi connectivity index (χ1n) is 9.00. The first-order valence-corrected chi connectivity index (χ1v) is 10.2. The highest BCUT2D eigenvalue weighted by Gasteiger charge is 2.32. The van der Waals surface area contributed by atoms with Crippen LogP contribution in [-0.4, -0.2) is 34.4 Å². The fraction of sp³-hybridized carbons (Fsp3) is 0.200. The van der Waals surface area contributed by atoms with Crippen molar-refractivity contribution in [1.82, 2.24) is 14.9 Å². The molecule has 0 aliphatic carbocycles. The number of H-pyrrole nitrogens is 2. The van der Waals surface area contributed by atoms with E-state index < -0.39 is 23.2 Å². The normalized spacial score (nSPS) is 16.2. The lowest BCUT2D eigenvalue weighted by molar-refractivity contribution is 0.0333. The molecule has 0 fully saturated rings. The molecule has 10 heteroatoms. The molecule has 1 amide bonds. The molecule has 4 heterocycles. The molecule has 2 N–H and O–H groups in total. The number of benzene rings is 1. The van der Waals surface area contributed by atoms with Crippen LogP contribution in [0, 0.1) is 11.6 Å². The van der Waals surface area contributed by atoms with Crippen LogP contribution in [0.25, 0.3) is 21.0 Å². The SMILES string of the molecule is CN(C(=O)c1cc2sc(Cl)cc2[nH]1)C1COCc2[nH]c(=O)c3cc(F)c(F)cc3c21. The highest BCUT2D eigenvalue weighted by atomic mass is 35.5. The summed E-state index contributed by atoms with van der Waals surface area (Å²) >= 11 is 7.34. The summed E-state index contributed by atoms with van der Waals surface area (Å²) in [5.41, 5.74) is 1.57. The highest BCUT2D eigenvalue weighted by molar-refractivity contribution is 7.22. The van der Waals surface area contributed by atoms with E-state index in [-0.39, 0.29) is 29.9 Å². The minimum absolute atomic E-state index is 0.0235. The van der Waals surface area contributed by atoms with Gasteiger partial charge in [-0.3, -0.25) is 9.59 Å². The molecule has 1 aliphatic rings. The Morgan fingerprint density at radius 1 is 1.20 bits per heavy atom. The second-order valence-corrected chi connectivity index (χ2v) is 8.83. The van der Waals surface area contributed by atoms with E-state index in [9.17, 15) is 18.4 Å². The number of likely N-dealkylation sites (N-methyl/N-ethyl adjacent to an activating group) is 1. The van der Waals surface area contributed by atoms with E-state index in [1.54, 1.807) is 19.2 Å². The van der Waals surface area contributed by atoms with Gasteiger partial charge in [0.25, 0.3) is 11.5 Å². The summed E-state index contributed by atoms with van der Waals surface area (Å²) in [5, 5.41) is 0.287. The number of thiophene rings is 1. The maximum Gasteiger partial charge on any atom is 0.270 e. The van der Waals surface area contributed by atoms with Gasteiger partial charge in [0.1, 0.15) is 5.69 Å². The molecule has 30 heavy (non-hydrogen) atoms. The molecule has 6 nitrogen and oxygen atoms in total. The molecule has 1 aliphatic heterocycles. The predicted molar refractivity (Wildman–Crippen MR) is 110 cm³/mol. The van der Waals surface area contributed by atoms with Crippen molar-refractivity contribution in [3.05, 3.63) is 67.5 Å². The Kier molecular flexibility index (Phi) is 4.42. The summed E-state index contributed by atoms with van der Waals surface area (Å²) in [6.45, 7) is 0.255. The number of fused-ring (bicyclic) bond motifs is 4. The van der Waals surface area contributed by atoms with Gasteiger partial charge in [0, 0.05) is 18.3 Å². The lowest BCUT2D eigenvalue weighted by atomic mass is 9.95. The van der Waals surface area contributed by atoms with Gasteiger partial charge in [0.2, 0.25) is 0 Å².